The van der Waals surface area contributed by atoms with E-state index >= 15 is 0 Å². The molecule has 22 heavy (non-hydrogen) atoms. The molecule has 0 aliphatic rings. The number of hydrogen-bond acceptors (Lipinski definition) is 4. The first kappa shape index (κ1) is 17.8. The number of ether oxygens (including phenoxy) is 1. The third kappa shape index (κ3) is 4.13. The quantitative estimate of drug-likeness (QED) is 0.350. The molecule has 0 unspecified atom stereocenters. The zero-order chi connectivity index (χ0) is 16.9. The van der Waals surface area contributed by atoms with E-state index in [-0.39, 0.29) is 11.8 Å². The summed E-state index contributed by atoms with van der Waals surface area (Å²) in [6.45, 7) is 7.91. The molecule has 0 fully saturated rings. The van der Waals surface area contributed by atoms with Gasteiger partial charge in [0.25, 0.3) is 0 Å². The van der Waals surface area contributed by atoms with Crippen LogP contribution in [0.2, 0.25) is 0 Å². The summed E-state index contributed by atoms with van der Waals surface area (Å²) >= 11 is 0. The molecular formula is C18H22O4. The predicted molar refractivity (Wildman–Crippen MR) is 85.1 cm³/mol. The second kappa shape index (κ2) is 7.69. The average molecular weight is 302 g/mol. The second-order valence-electron chi connectivity index (χ2n) is 5.67. The zero-order valence-electron chi connectivity index (χ0n) is 13.7. The van der Waals surface area contributed by atoms with Gasteiger partial charge < -0.3 is 4.74 Å². The molecule has 0 saturated carbocycles. The number of allylic oxidation sites excluding steroid dienone is 1. The molecule has 0 spiro atoms. The monoisotopic (exact) mass is 302 g/mol. The van der Waals surface area contributed by atoms with Gasteiger partial charge >= 0.3 is 5.97 Å². The first-order chi connectivity index (χ1) is 10.3. The van der Waals surface area contributed by atoms with Crippen LogP contribution in [0.3, 0.4) is 0 Å². The number of ketones is 2. The SMILES string of the molecule is COC(=O)/C=C/C(=O)C(=O)c1c(C(C)C)cccc1C(C)C. The number of esters is 1. The van der Waals surface area contributed by atoms with Crippen LogP contribution in [0.5, 0.6) is 0 Å². The summed E-state index contributed by atoms with van der Waals surface area (Å²) < 4.78 is 4.42. The van der Waals surface area contributed by atoms with E-state index in [9.17, 15) is 14.4 Å². The maximum Gasteiger partial charge on any atom is 0.330 e. The molecule has 0 amide bonds. The van der Waals surface area contributed by atoms with E-state index in [1.807, 2.05) is 45.9 Å². The van der Waals surface area contributed by atoms with Gasteiger partial charge in [-0.3, -0.25) is 9.59 Å². The number of carbonyl (C=O) groups excluding carboxylic acids is 3. The minimum absolute atomic E-state index is 0.120. The Hall–Kier alpha value is -2.23. The smallest absolute Gasteiger partial charge is 0.330 e. The Labute approximate surface area is 131 Å². The summed E-state index contributed by atoms with van der Waals surface area (Å²) in [4.78, 5) is 35.7. The molecule has 0 aliphatic heterocycles. The molecule has 4 heteroatoms. The van der Waals surface area contributed by atoms with Crippen molar-refractivity contribution in [2.75, 3.05) is 7.11 Å². The summed E-state index contributed by atoms with van der Waals surface area (Å²) in [5, 5.41) is 0. The van der Waals surface area contributed by atoms with Crippen LogP contribution in [-0.4, -0.2) is 24.6 Å². The third-order valence-electron chi connectivity index (χ3n) is 3.40. The highest BCUT2D eigenvalue weighted by Crippen LogP contribution is 2.28. The van der Waals surface area contributed by atoms with Crippen molar-refractivity contribution in [2.45, 2.75) is 39.5 Å². The van der Waals surface area contributed by atoms with E-state index in [2.05, 4.69) is 4.74 Å². The fraction of sp³-hybridized carbons (Fsp3) is 0.389. The Kier molecular flexibility index (Phi) is 6.23. The van der Waals surface area contributed by atoms with Gasteiger partial charge in [0.2, 0.25) is 11.6 Å². The molecule has 4 nitrogen and oxygen atoms in total. The predicted octanol–water partition coefficient (Wildman–Crippen LogP) is 3.41. The molecule has 0 bridgehead atoms. The van der Waals surface area contributed by atoms with Gasteiger partial charge in [0, 0.05) is 11.6 Å². The van der Waals surface area contributed by atoms with Gasteiger partial charge in [0.1, 0.15) is 0 Å². The highest BCUT2D eigenvalue weighted by molar-refractivity contribution is 6.48. The lowest BCUT2D eigenvalue weighted by molar-refractivity contribution is -0.135. The first-order valence-corrected chi connectivity index (χ1v) is 7.27. The van der Waals surface area contributed by atoms with Gasteiger partial charge in [-0.2, -0.15) is 0 Å². The Morgan fingerprint density at radius 2 is 1.45 bits per heavy atom. The number of rotatable bonds is 6. The van der Waals surface area contributed by atoms with Crippen LogP contribution in [0.15, 0.2) is 30.4 Å². The van der Waals surface area contributed by atoms with Crippen molar-refractivity contribution >= 4 is 17.5 Å². The van der Waals surface area contributed by atoms with Crippen LogP contribution in [0.25, 0.3) is 0 Å². The van der Waals surface area contributed by atoms with Crippen molar-refractivity contribution < 1.29 is 19.1 Å². The fourth-order valence-electron chi connectivity index (χ4n) is 2.22. The summed E-state index contributed by atoms with van der Waals surface area (Å²) in [6, 6.07) is 5.62. The lowest BCUT2D eigenvalue weighted by Gasteiger charge is -2.17. The van der Waals surface area contributed by atoms with Crippen molar-refractivity contribution in [3.05, 3.63) is 47.0 Å². The summed E-state index contributed by atoms with van der Waals surface area (Å²) in [7, 11) is 1.21. The van der Waals surface area contributed by atoms with E-state index in [1.165, 1.54) is 7.11 Å². The van der Waals surface area contributed by atoms with Gasteiger partial charge in [-0.15, -0.1) is 0 Å². The lowest BCUT2D eigenvalue weighted by atomic mass is 9.85. The molecule has 0 N–H and O–H groups in total. The van der Waals surface area contributed by atoms with Crippen molar-refractivity contribution in [1.29, 1.82) is 0 Å². The Morgan fingerprint density at radius 3 is 1.86 bits per heavy atom. The fourth-order valence-corrected chi connectivity index (χ4v) is 2.22. The van der Waals surface area contributed by atoms with Crippen molar-refractivity contribution in [1.82, 2.24) is 0 Å². The molecule has 0 heterocycles. The largest absolute Gasteiger partial charge is 0.466 e. The minimum Gasteiger partial charge on any atom is -0.466 e. The van der Waals surface area contributed by atoms with E-state index < -0.39 is 17.5 Å². The standard InChI is InChI=1S/C18H22O4/c1-11(2)13-7-6-8-14(12(3)4)17(13)18(21)15(19)9-10-16(20)22-5/h6-12H,1-5H3/b10-9+. The van der Waals surface area contributed by atoms with E-state index in [4.69, 9.17) is 0 Å². The molecule has 1 aromatic carbocycles. The van der Waals surface area contributed by atoms with E-state index in [0.717, 1.165) is 23.3 Å². The Balaban J connectivity index is 3.29. The maximum absolute atomic E-state index is 12.5. The molecule has 0 radical (unpaired) electrons. The molecule has 1 rings (SSSR count). The average Bonchev–Trinajstić information content (AvgIpc) is 2.50. The molecule has 1 aromatic rings. The van der Waals surface area contributed by atoms with Gasteiger partial charge in [0.05, 0.1) is 7.11 Å². The minimum atomic E-state index is -0.722. The second-order valence-corrected chi connectivity index (χ2v) is 5.67. The summed E-state index contributed by atoms with van der Waals surface area (Å²) in [6.07, 6.45) is 1.93. The van der Waals surface area contributed by atoms with Crippen LogP contribution in [-0.2, 0) is 14.3 Å². The van der Waals surface area contributed by atoms with Crippen molar-refractivity contribution in [3.63, 3.8) is 0 Å². The van der Waals surface area contributed by atoms with Crippen LogP contribution >= 0.6 is 0 Å². The number of benzene rings is 1. The van der Waals surface area contributed by atoms with Crippen LogP contribution < -0.4 is 0 Å². The normalized spacial score (nSPS) is 11.2. The Bertz CT molecular complexity index is 583. The number of methoxy groups -OCH3 is 1. The molecule has 0 aromatic heterocycles. The van der Waals surface area contributed by atoms with Gasteiger partial charge in [-0.25, -0.2) is 4.79 Å². The molecular weight excluding hydrogens is 280 g/mol. The van der Waals surface area contributed by atoms with Gasteiger partial charge in [-0.1, -0.05) is 45.9 Å². The number of Topliss-reactive ketones (excluding diaryl/α,β-unsaturated/α-hetero) is 1. The topological polar surface area (TPSA) is 60.4 Å². The summed E-state index contributed by atoms with van der Waals surface area (Å²) in [5.74, 6) is -1.74. The molecule has 0 atom stereocenters. The number of hydrogen-bond donors (Lipinski definition) is 0. The highest BCUT2D eigenvalue weighted by atomic mass is 16.5. The first-order valence-electron chi connectivity index (χ1n) is 7.27. The summed E-state index contributed by atoms with van der Waals surface area (Å²) in [5.41, 5.74) is 2.14. The highest BCUT2D eigenvalue weighted by Gasteiger charge is 2.23. The molecule has 0 aliphatic carbocycles. The Morgan fingerprint density at radius 1 is 0.955 bits per heavy atom. The zero-order valence-corrected chi connectivity index (χ0v) is 13.7. The number of carbonyl (C=O) groups is 3. The van der Waals surface area contributed by atoms with Crippen molar-refractivity contribution in [2.24, 2.45) is 0 Å². The van der Waals surface area contributed by atoms with Gasteiger partial charge in [0.15, 0.2) is 0 Å². The lowest BCUT2D eigenvalue weighted by Crippen LogP contribution is -2.18. The van der Waals surface area contributed by atoms with E-state index in [0.29, 0.717) is 5.56 Å². The van der Waals surface area contributed by atoms with Crippen LogP contribution in [0, 0.1) is 0 Å². The van der Waals surface area contributed by atoms with Crippen LogP contribution in [0.4, 0.5) is 0 Å². The molecule has 118 valence electrons. The van der Waals surface area contributed by atoms with E-state index in [1.54, 1.807) is 0 Å². The maximum atomic E-state index is 12.5. The van der Waals surface area contributed by atoms with Crippen LogP contribution in [0.1, 0.15) is 61.0 Å². The molecule has 0 saturated heterocycles. The van der Waals surface area contributed by atoms with Gasteiger partial charge in [-0.05, 0) is 29.0 Å². The third-order valence-corrected chi connectivity index (χ3v) is 3.40. The van der Waals surface area contributed by atoms with Crippen molar-refractivity contribution in [3.8, 4) is 0 Å².